The molecule has 2 aliphatic rings. The van der Waals surface area contributed by atoms with Crippen LogP contribution in [0.3, 0.4) is 0 Å². The van der Waals surface area contributed by atoms with Gasteiger partial charge in [-0.25, -0.2) is 19.1 Å². The van der Waals surface area contributed by atoms with E-state index in [1.54, 1.807) is 24.3 Å². The number of benzene rings is 3. The van der Waals surface area contributed by atoms with E-state index in [0.29, 0.717) is 35.8 Å². The Morgan fingerprint density at radius 1 is 0.939 bits per heavy atom. The van der Waals surface area contributed by atoms with Crippen LogP contribution in [0.5, 0.6) is 0 Å². The number of unbranched alkanes of at least 4 members (excludes halogenated alkanes) is 1. The van der Waals surface area contributed by atoms with Crippen LogP contribution < -0.4 is 16.0 Å². The Morgan fingerprint density at radius 3 is 2.45 bits per heavy atom. The molecule has 254 valence electrons. The smallest absolute Gasteiger partial charge is 0.338 e. The number of ether oxygens (including phenoxy) is 2. The third-order valence-electron chi connectivity index (χ3n) is 8.62. The third kappa shape index (κ3) is 8.14. The van der Waals surface area contributed by atoms with Crippen LogP contribution in [0.15, 0.2) is 85.5 Å². The highest BCUT2D eigenvalue weighted by Crippen LogP contribution is 2.33. The van der Waals surface area contributed by atoms with Crippen LogP contribution in [-0.4, -0.2) is 76.5 Å². The summed E-state index contributed by atoms with van der Waals surface area (Å²) in [5.41, 5.74) is 4.15. The summed E-state index contributed by atoms with van der Waals surface area (Å²) < 4.78 is 12.4. The summed E-state index contributed by atoms with van der Waals surface area (Å²) in [4.78, 5) is 48.7. The molecule has 6 rings (SSSR count). The fourth-order valence-electron chi connectivity index (χ4n) is 6.11. The molecule has 3 amide bonds. The van der Waals surface area contributed by atoms with Crippen molar-refractivity contribution >= 4 is 46.5 Å². The lowest BCUT2D eigenvalue weighted by Gasteiger charge is -2.16. The lowest BCUT2D eigenvalue weighted by Crippen LogP contribution is -2.36. The summed E-state index contributed by atoms with van der Waals surface area (Å²) in [5, 5.41) is 15.1. The maximum Gasteiger partial charge on any atom is 0.338 e. The molecule has 4 aromatic rings. The molecule has 12 heteroatoms. The molecule has 3 aromatic carbocycles. The number of nitrogens with zero attached hydrogens (tertiary/aromatic N) is 2. The van der Waals surface area contributed by atoms with Gasteiger partial charge in [0.2, 0.25) is 5.91 Å². The number of hydrogen-bond donors (Lipinski definition) is 3. The number of esters is 2. The minimum atomic E-state index is -0.434. The van der Waals surface area contributed by atoms with Gasteiger partial charge in [0.05, 0.1) is 41.0 Å². The second-order valence-corrected chi connectivity index (χ2v) is 13.3. The van der Waals surface area contributed by atoms with Crippen molar-refractivity contribution < 1.29 is 28.7 Å². The van der Waals surface area contributed by atoms with Gasteiger partial charge in [-0.3, -0.25) is 4.79 Å². The van der Waals surface area contributed by atoms with Crippen molar-refractivity contribution in [2.75, 3.05) is 25.5 Å². The zero-order chi connectivity index (χ0) is 34.2. The topological polar surface area (TPSA) is 141 Å². The lowest BCUT2D eigenvalue weighted by atomic mass is 10.0. The van der Waals surface area contributed by atoms with E-state index in [9.17, 15) is 19.2 Å². The van der Waals surface area contributed by atoms with Gasteiger partial charge in [-0.05, 0) is 61.7 Å². The van der Waals surface area contributed by atoms with Gasteiger partial charge in [-0.1, -0.05) is 49.4 Å². The van der Waals surface area contributed by atoms with E-state index >= 15 is 0 Å². The van der Waals surface area contributed by atoms with E-state index in [2.05, 4.69) is 22.5 Å². The van der Waals surface area contributed by atoms with Crippen LogP contribution in [0, 0.1) is 0 Å². The van der Waals surface area contributed by atoms with Gasteiger partial charge in [0.15, 0.2) is 0 Å². The molecule has 1 aromatic heterocycles. The monoisotopic (exact) mass is 681 g/mol. The average molecular weight is 682 g/mol. The zero-order valence-electron chi connectivity index (χ0n) is 27.1. The van der Waals surface area contributed by atoms with Crippen LogP contribution in [0.1, 0.15) is 52.8 Å². The number of amides is 3. The molecule has 3 atom stereocenters. The molecule has 0 saturated carbocycles. The SMILES string of the molecule is C=CCOC(=O)c1ccc(-c2nn(-c3ccc(C(=O)OCCCNC(=O)CCCC[C@@H]4SCC5NC(=O)NC54)cc3)c3ccccc23)cc1. The average Bonchev–Trinajstić information content (AvgIpc) is 3.81. The minimum absolute atomic E-state index is 0.00928. The van der Waals surface area contributed by atoms with Gasteiger partial charge in [0.1, 0.15) is 12.3 Å². The summed E-state index contributed by atoms with van der Waals surface area (Å²) >= 11 is 1.88. The third-order valence-corrected chi connectivity index (χ3v) is 10.1. The molecule has 3 heterocycles. The largest absolute Gasteiger partial charge is 0.462 e. The van der Waals surface area contributed by atoms with Gasteiger partial charge in [-0.2, -0.15) is 16.9 Å². The Labute approximate surface area is 288 Å². The Hall–Kier alpha value is -5.10. The first-order valence-electron chi connectivity index (χ1n) is 16.5. The first-order chi connectivity index (χ1) is 23.9. The second-order valence-electron chi connectivity index (χ2n) is 12.0. The Balaban J connectivity index is 0.950. The standard InChI is InChI=1S/C37H39N5O6S/c1-2-21-47-35(44)25-14-12-24(13-15-25)33-28-8-3-4-9-30(28)42(41-33)27-18-16-26(17-19-27)36(45)48-22-7-20-38-32(43)11-6-5-10-31-34-29(23-49-31)39-37(46)40-34/h2-4,8-9,12-19,29,31,34H,1,5-7,10-11,20-23H2,(H,38,43)(H2,39,40,46)/t29?,31-,34?/m0/s1. The van der Waals surface area contributed by atoms with E-state index in [1.807, 2.05) is 65.0 Å². The summed E-state index contributed by atoms with van der Waals surface area (Å²) in [6, 6.07) is 22.4. The molecule has 0 spiro atoms. The van der Waals surface area contributed by atoms with E-state index in [0.717, 1.165) is 52.9 Å². The number of hydrogen-bond acceptors (Lipinski definition) is 8. The number of carbonyl (C=O) groups is 4. The van der Waals surface area contributed by atoms with Crippen molar-refractivity contribution in [1.82, 2.24) is 25.7 Å². The number of carbonyl (C=O) groups excluding carboxylic acids is 4. The Bertz CT molecular complexity index is 1820. The highest BCUT2D eigenvalue weighted by atomic mass is 32.2. The Morgan fingerprint density at radius 2 is 1.67 bits per heavy atom. The number of nitrogens with one attached hydrogen (secondary N) is 3. The molecule has 3 N–H and O–H groups in total. The van der Waals surface area contributed by atoms with E-state index < -0.39 is 11.9 Å². The molecule has 2 unspecified atom stereocenters. The van der Waals surface area contributed by atoms with Crippen molar-refractivity contribution in [3.8, 4) is 16.9 Å². The fourth-order valence-corrected chi connectivity index (χ4v) is 7.65. The lowest BCUT2D eigenvalue weighted by molar-refractivity contribution is -0.121. The first-order valence-corrected chi connectivity index (χ1v) is 17.6. The molecule has 0 aliphatic carbocycles. The van der Waals surface area contributed by atoms with Gasteiger partial charge in [0.25, 0.3) is 0 Å². The van der Waals surface area contributed by atoms with Gasteiger partial charge >= 0.3 is 18.0 Å². The molecule has 49 heavy (non-hydrogen) atoms. The predicted molar refractivity (Wildman–Crippen MR) is 189 cm³/mol. The number of urea groups is 1. The molecule has 2 saturated heterocycles. The van der Waals surface area contributed by atoms with E-state index in [4.69, 9.17) is 14.6 Å². The normalized spacial score (nSPS) is 18.0. The molecule has 2 fully saturated rings. The summed E-state index contributed by atoms with van der Waals surface area (Å²) in [6.45, 7) is 4.34. The van der Waals surface area contributed by atoms with Crippen LogP contribution >= 0.6 is 11.8 Å². The maximum absolute atomic E-state index is 12.7. The molecule has 0 bridgehead atoms. The number of rotatable bonds is 15. The highest BCUT2D eigenvalue weighted by molar-refractivity contribution is 8.00. The zero-order valence-corrected chi connectivity index (χ0v) is 27.9. The number of fused-ring (bicyclic) bond motifs is 2. The molecular weight excluding hydrogens is 643 g/mol. The van der Waals surface area contributed by atoms with Crippen LogP contribution in [0.4, 0.5) is 4.79 Å². The number of thioether (sulfide) groups is 1. The summed E-state index contributed by atoms with van der Waals surface area (Å²) in [5.74, 6) is 0.0776. The van der Waals surface area contributed by atoms with Crippen molar-refractivity contribution in [3.05, 3.63) is 96.6 Å². The number of para-hydroxylation sites is 1. The minimum Gasteiger partial charge on any atom is -0.462 e. The van der Waals surface area contributed by atoms with E-state index in [-0.39, 0.29) is 37.2 Å². The van der Waals surface area contributed by atoms with Crippen molar-refractivity contribution in [2.45, 2.75) is 49.4 Å². The fraction of sp³-hybridized carbons (Fsp3) is 0.324. The Kier molecular flexibility index (Phi) is 10.9. The first kappa shape index (κ1) is 33.8. The van der Waals surface area contributed by atoms with Gasteiger partial charge in [0, 0.05) is 34.9 Å². The van der Waals surface area contributed by atoms with Crippen molar-refractivity contribution in [2.24, 2.45) is 0 Å². The molecular formula is C37H39N5O6S. The van der Waals surface area contributed by atoms with Crippen molar-refractivity contribution in [3.63, 3.8) is 0 Å². The quantitative estimate of drug-likeness (QED) is 0.0654. The summed E-state index contributed by atoms with van der Waals surface area (Å²) in [7, 11) is 0. The van der Waals surface area contributed by atoms with E-state index in [1.165, 1.54) is 6.08 Å². The predicted octanol–water partition coefficient (Wildman–Crippen LogP) is 5.42. The van der Waals surface area contributed by atoms with Crippen molar-refractivity contribution in [1.29, 1.82) is 0 Å². The van der Waals surface area contributed by atoms with Crippen LogP contribution in [-0.2, 0) is 14.3 Å². The summed E-state index contributed by atoms with van der Waals surface area (Å²) in [6.07, 6.45) is 5.20. The number of aromatic nitrogens is 2. The van der Waals surface area contributed by atoms with Gasteiger partial charge < -0.3 is 25.4 Å². The van der Waals surface area contributed by atoms with Gasteiger partial charge in [-0.15, -0.1) is 0 Å². The van der Waals surface area contributed by atoms with Crippen LogP contribution in [0.25, 0.3) is 27.8 Å². The second kappa shape index (κ2) is 15.9. The van der Waals surface area contributed by atoms with Crippen LogP contribution in [0.2, 0.25) is 0 Å². The maximum atomic E-state index is 12.7. The molecule has 2 aliphatic heterocycles. The highest BCUT2D eigenvalue weighted by Gasteiger charge is 2.42. The molecule has 0 radical (unpaired) electrons. The molecule has 11 nitrogen and oxygen atoms in total.